The minimum Gasteiger partial charge on any atom is -0.466 e. The zero-order valence-corrected chi connectivity index (χ0v) is 37.8. The van der Waals surface area contributed by atoms with Crippen molar-refractivity contribution in [3.8, 4) is 0 Å². The molecule has 4 heterocycles. The molecule has 5 aliphatic rings. The summed E-state index contributed by atoms with van der Waals surface area (Å²) in [5.41, 5.74) is -2.61. The first kappa shape index (κ1) is 49.5. The van der Waals surface area contributed by atoms with E-state index in [1.165, 1.54) is 26.2 Å². The van der Waals surface area contributed by atoms with Crippen LogP contribution in [0.4, 0.5) is 0 Å². The van der Waals surface area contributed by atoms with Gasteiger partial charge in [0.15, 0.2) is 17.7 Å². The molecule has 4 aliphatic heterocycles. The second kappa shape index (κ2) is 18.9. The first-order valence-electron chi connectivity index (χ1n) is 21.8. The number of ketones is 1. The number of methoxy groups -OCH3 is 1. The van der Waals surface area contributed by atoms with Crippen LogP contribution in [0.1, 0.15) is 127 Å². The van der Waals surface area contributed by atoms with E-state index in [1.54, 1.807) is 67.5 Å². The first-order chi connectivity index (χ1) is 28.7. The molecule has 0 unspecified atom stereocenters. The predicted octanol–water partition coefficient (Wildman–Crippen LogP) is 4.22. The van der Waals surface area contributed by atoms with Crippen LogP contribution < -0.4 is 0 Å². The Kier molecular flexibility index (Phi) is 15.1. The molecule has 0 spiro atoms. The van der Waals surface area contributed by atoms with Crippen LogP contribution in [0.3, 0.4) is 0 Å². The minimum absolute atomic E-state index is 0.0318. The number of ether oxygens (including phenoxy) is 7. The highest BCUT2D eigenvalue weighted by atomic mass is 16.7. The summed E-state index contributed by atoms with van der Waals surface area (Å²) < 4.78 is 42.4. The van der Waals surface area contributed by atoms with Crippen molar-refractivity contribution in [1.29, 1.82) is 0 Å². The van der Waals surface area contributed by atoms with Gasteiger partial charge in [-0.15, -0.1) is 0 Å². The number of aliphatic hydroxyl groups excluding tert-OH is 2. The highest BCUT2D eigenvalue weighted by Crippen LogP contribution is 2.52. The van der Waals surface area contributed by atoms with Gasteiger partial charge in [-0.1, -0.05) is 52.3 Å². The molecular formula is C46H68O16. The lowest BCUT2D eigenvalue weighted by molar-refractivity contribution is -0.349. The van der Waals surface area contributed by atoms with E-state index < -0.39 is 119 Å². The van der Waals surface area contributed by atoms with Crippen LogP contribution in [-0.4, -0.2) is 124 Å². The fourth-order valence-electron chi connectivity index (χ4n) is 9.06. The molecule has 0 aromatic carbocycles. The Morgan fingerprint density at radius 1 is 0.968 bits per heavy atom. The number of rotatable bonds is 6. The molecule has 0 aromatic heterocycles. The third kappa shape index (κ3) is 10.9. The molecule has 16 nitrogen and oxygen atoms in total. The molecule has 3 fully saturated rings. The lowest BCUT2D eigenvalue weighted by Crippen LogP contribution is -2.64. The fraction of sp³-hybridized carbons (Fsp3) is 0.761. The molecule has 0 aromatic rings. The fourth-order valence-corrected chi connectivity index (χ4v) is 9.06. The van der Waals surface area contributed by atoms with Gasteiger partial charge in [-0.25, -0.2) is 4.79 Å². The molecule has 16 heteroatoms. The van der Waals surface area contributed by atoms with Crippen molar-refractivity contribution in [2.24, 2.45) is 22.2 Å². The van der Waals surface area contributed by atoms with Crippen LogP contribution in [0.5, 0.6) is 0 Å². The Morgan fingerprint density at radius 3 is 2.29 bits per heavy atom. The van der Waals surface area contributed by atoms with Crippen molar-refractivity contribution in [3.05, 3.63) is 35.5 Å². The molecule has 62 heavy (non-hydrogen) atoms. The van der Waals surface area contributed by atoms with Crippen molar-refractivity contribution in [3.63, 3.8) is 0 Å². The van der Waals surface area contributed by atoms with Crippen LogP contribution in [-0.2, 0) is 57.1 Å². The highest BCUT2D eigenvalue weighted by molar-refractivity contribution is 5.94. The summed E-state index contributed by atoms with van der Waals surface area (Å²) in [6.45, 7) is 15.1. The van der Waals surface area contributed by atoms with Gasteiger partial charge in [-0.2, -0.15) is 0 Å². The summed E-state index contributed by atoms with van der Waals surface area (Å²) in [7, 11) is 1.26. The maximum absolute atomic E-state index is 13.5. The first-order valence-corrected chi connectivity index (χ1v) is 21.8. The van der Waals surface area contributed by atoms with Crippen LogP contribution >= 0.6 is 0 Å². The maximum atomic E-state index is 13.5. The van der Waals surface area contributed by atoms with Gasteiger partial charge in [0.25, 0.3) is 0 Å². The van der Waals surface area contributed by atoms with Gasteiger partial charge in [-0.3, -0.25) is 19.2 Å². The molecule has 5 rings (SSSR count). The largest absolute Gasteiger partial charge is 0.466 e. The van der Waals surface area contributed by atoms with E-state index in [0.717, 1.165) is 0 Å². The Labute approximate surface area is 364 Å². The summed E-state index contributed by atoms with van der Waals surface area (Å²) in [5, 5.41) is 47.8. The number of aliphatic hydroxyl groups is 4. The lowest BCUT2D eigenvalue weighted by atomic mass is 9.70. The van der Waals surface area contributed by atoms with E-state index >= 15 is 0 Å². The van der Waals surface area contributed by atoms with Crippen molar-refractivity contribution >= 4 is 29.7 Å². The monoisotopic (exact) mass is 876 g/mol. The van der Waals surface area contributed by atoms with Crippen molar-refractivity contribution in [1.82, 2.24) is 0 Å². The van der Waals surface area contributed by atoms with E-state index in [9.17, 15) is 44.4 Å². The molecule has 0 saturated carbocycles. The van der Waals surface area contributed by atoms with Crippen molar-refractivity contribution in [2.45, 2.75) is 193 Å². The summed E-state index contributed by atoms with van der Waals surface area (Å²) >= 11 is 0. The molecule has 6 bridgehead atoms. The van der Waals surface area contributed by atoms with Gasteiger partial charge in [0.2, 0.25) is 5.79 Å². The SMILES string of the molecule is CCCC(=O)O[C@@H]1C2=CC(=O)C[C@@H]2[C@H]2C[C@H]([C@@H](C)O)OC(=O)C[C@H](O)C[C@@H]3C[C@H](OC(=O)C(C)(C)C)C(C)(C)[C@](O)(C[C@@H]4C/C(=C/C(=O)OC)C[C@H](/C=C\C(C)(C)[C@]1(O)O2)O4)O3. The van der Waals surface area contributed by atoms with Gasteiger partial charge in [0.1, 0.15) is 12.2 Å². The Bertz CT molecular complexity index is 1790. The number of cyclic esters (lactones) is 1. The Morgan fingerprint density at radius 2 is 1.66 bits per heavy atom. The van der Waals surface area contributed by atoms with Crippen molar-refractivity contribution in [2.75, 3.05) is 7.11 Å². The normalized spacial score (nSPS) is 38.1. The Balaban J connectivity index is 1.63. The molecule has 1 aliphatic carbocycles. The van der Waals surface area contributed by atoms with E-state index in [0.29, 0.717) is 17.6 Å². The number of carbonyl (C=O) groups is 5. The zero-order chi connectivity index (χ0) is 46.2. The van der Waals surface area contributed by atoms with Gasteiger partial charge in [0.05, 0.1) is 61.0 Å². The van der Waals surface area contributed by atoms with Crippen LogP contribution in [0.2, 0.25) is 0 Å². The van der Waals surface area contributed by atoms with E-state index in [1.807, 2.05) is 0 Å². The van der Waals surface area contributed by atoms with Crippen LogP contribution in [0.25, 0.3) is 0 Å². The van der Waals surface area contributed by atoms with E-state index in [4.69, 9.17) is 33.2 Å². The van der Waals surface area contributed by atoms with E-state index in [2.05, 4.69) is 0 Å². The summed E-state index contributed by atoms with van der Waals surface area (Å²) in [4.78, 5) is 65.7. The standard InChI is InChI=1S/C46H68O16/c1-11-12-37(50)60-40-33-20-28(49)19-32(33)35-23-34(25(2)47)58-39(52)21-27(48)18-30-22-36(59-41(53)42(3,4)5)44(8,9)45(54,61-30)24-31-16-26(17-38(51)56-10)15-29(57-31)13-14-43(6,7)46(40,55)62-35/h13-14,17,20,25,27,29-32,34-36,40,47-48,54-55H,11-12,15-16,18-19,21-24H2,1-10H3/b14-13-,26-17+/t25-,27-,29+,30-,31+,32+,34-,35-,36+,40-,45+,46-/m1/s1. The third-order valence-electron chi connectivity index (χ3n) is 13.1. The summed E-state index contributed by atoms with van der Waals surface area (Å²) in [6.07, 6.45) is -3.87. The van der Waals surface area contributed by atoms with Gasteiger partial charge < -0.3 is 53.6 Å². The summed E-state index contributed by atoms with van der Waals surface area (Å²) in [5.74, 6) is -7.98. The molecule has 4 N–H and O–H groups in total. The maximum Gasteiger partial charge on any atom is 0.330 e. The topological polar surface area (TPSA) is 231 Å². The molecule has 0 amide bonds. The number of hydrogen-bond acceptors (Lipinski definition) is 16. The number of carbonyl (C=O) groups excluding carboxylic acids is 5. The highest BCUT2D eigenvalue weighted by Gasteiger charge is 2.62. The van der Waals surface area contributed by atoms with Gasteiger partial charge >= 0.3 is 23.9 Å². The third-order valence-corrected chi connectivity index (χ3v) is 13.1. The van der Waals surface area contributed by atoms with Crippen LogP contribution in [0.15, 0.2) is 35.5 Å². The smallest absolute Gasteiger partial charge is 0.330 e. The number of allylic oxidation sites excluding steroid dienone is 1. The average molecular weight is 877 g/mol. The quantitative estimate of drug-likeness (QED) is 0.127. The zero-order valence-electron chi connectivity index (χ0n) is 37.8. The van der Waals surface area contributed by atoms with Crippen molar-refractivity contribution < 1.29 is 77.6 Å². The lowest BCUT2D eigenvalue weighted by Gasteiger charge is -2.54. The molecule has 348 valence electrons. The molecule has 12 atom stereocenters. The summed E-state index contributed by atoms with van der Waals surface area (Å²) in [6, 6.07) is 0. The molecule has 3 saturated heterocycles. The average Bonchev–Trinajstić information content (AvgIpc) is 3.54. The molecular weight excluding hydrogens is 808 g/mol. The number of fused-ring (bicyclic) bond motifs is 8. The van der Waals surface area contributed by atoms with Gasteiger partial charge in [-0.05, 0) is 58.6 Å². The second-order valence-corrected chi connectivity index (χ2v) is 19.9. The predicted molar refractivity (Wildman–Crippen MR) is 220 cm³/mol. The van der Waals surface area contributed by atoms with Gasteiger partial charge in [0, 0.05) is 55.9 Å². The van der Waals surface area contributed by atoms with Crippen LogP contribution in [0, 0.1) is 22.2 Å². The number of hydrogen-bond donors (Lipinski definition) is 4. The molecule has 0 radical (unpaired) electrons. The Hall–Kier alpha value is -3.51. The number of esters is 4. The minimum atomic E-state index is -2.34. The van der Waals surface area contributed by atoms with E-state index in [-0.39, 0.29) is 57.1 Å². The second-order valence-electron chi connectivity index (χ2n) is 19.9.